The quantitative estimate of drug-likeness (QED) is 0.361. The molecule has 3 amide bonds. The molecular formula is C27H26ClF2N3O5. The summed E-state index contributed by atoms with van der Waals surface area (Å²) in [6, 6.07) is 8.86. The molecule has 0 spiro atoms. The van der Waals surface area contributed by atoms with E-state index in [9.17, 15) is 28.0 Å². The third-order valence-corrected chi connectivity index (χ3v) is 6.94. The Morgan fingerprint density at radius 2 is 1.87 bits per heavy atom. The molecule has 2 aromatic carbocycles. The average Bonchev–Trinajstić information content (AvgIpc) is 3.22. The number of rotatable bonds is 10. The third kappa shape index (κ3) is 5.46. The molecule has 0 aliphatic carbocycles. The van der Waals surface area contributed by atoms with Crippen LogP contribution in [0.5, 0.6) is 0 Å². The molecule has 0 aromatic heterocycles. The Bertz CT molecular complexity index is 1300. The molecular weight excluding hydrogens is 520 g/mol. The number of carbonyl (C=O) groups excluding carboxylic acids is 4. The number of benzene rings is 2. The number of hydrogen-bond acceptors (Lipinski definition) is 6. The number of alkyl halides is 2. The highest BCUT2D eigenvalue weighted by atomic mass is 35.5. The Labute approximate surface area is 223 Å². The van der Waals surface area contributed by atoms with Gasteiger partial charge >= 0.3 is 5.92 Å². The summed E-state index contributed by atoms with van der Waals surface area (Å²) in [5.41, 5.74) is 6.62. The van der Waals surface area contributed by atoms with Crippen LogP contribution < -0.4 is 5.73 Å². The van der Waals surface area contributed by atoms with Gasteiger partial charge in [-0.3, -0.25) is 19.2 Å². The SMILES string of the molecule is C=C(CN)OCN1C(=O)CCC(N2Cc3cc(CCC(=O)C(F)(F)c4ccc(Cl)cc4)ccc3C2=O)C1=O. The number of likely N-dealkylation sites (tertiary alicyclic amines) is 1. The van der Waals surface area contributed by atoms with Crippen LogP contribution in [0.25, 0.3) is 0 Å². The maximum atomic E-state index is 14.6. The van der Waals surface area contributed by atoms with E-state index in [0.717, 1.165) is 17.0 Å². The summed E-state index contributed by atoms with van der Waals surface area (Å²) in [7, 11) is 0. The van der Waals surface area contributed by atoms with Gasteiger partial charge in [0.1, 0.15) is 11.8 Å². The summed E-state index contributed by atoms with van der Waals surface area (Å²) in [6.07, 6.45) is -0.119. The zero-order valence-electron chi connectivity index (χ0n) is 20.4. The van der Waals surface area contributed by atoms with Crippen LogP contribution in [-0.4, -0.2) is 52.6 Å². The van der Waals surface area contributed by atoms with Gasteiger partial charge < -0.3 is 15.4 Å². The molecule has 1 atom stereocenters. The Balaban J connectivity index is 1.42. The maximum Gasteiger partial charge on any atom is 0.330 e. The van der Waals surface area contributed by atoms with Crippen molar-refractivity contribution in [1.29, 1.82) is 0 Å². The third-order valence-electron chi connectivity index (χ3n) is 6.68. The highest BCUT2D eigenvalue weighted by Crippen LogP contribution is 2.33. The fourth-order valence-electron chi connectivity index (χ4n) is 4.50. The van der Waals surface area contributed by atoms with Gasteiger partial charge in [-0.1, -0.05) is 42.4 Å². The van der Waals surface area contributed by atoms with Crippen LogP contribution in [0.3, 0.4) is 0 Å². The van der Waals surface area contributed by atoms with Crippen molar-refractivity contribution in [3.8, 4) is 0 Å². The maximum absolute atomic E-state index is 14.6. The number of hydrogen-bond donors (Lipinski definition) is 1. The van der Waals surface area contributed by atoms with Gasteiger partial charge in [-0.05, 0) is 42.2 Å². The fraction of sp³-hybridized carbons (Fsp3) is 0.333. The molecule has 4 rings (SSSR count). The van der Waals surface area contributed by atoms with Crippen molar-refractivity contribution in [2.75, 3.05) is 13.3 Å². The largest absolute Gasteiger partial charge is 0.476 e. The summed E-state index contributed by atoms with van der Waals surface area (Å²) in [5.74, 6) is -6.00. The van der Waals surface area contributed by atoms with Gasteiger partial charge in [0.15, 0.2) is 6.73 Å². The molecule has 200 valence electrons. The lowest BCUT2D eigenvalue weighted by molar-refractivity contribution is -0.157. The molecule has 1 unspecified atom stereocenters. The van der Waals surface area contributed by atoms with Crippen LogP contribution in [0.4, 0.5) is 8.78 Å². The number of nitrogens with zero attached hydrogens (tertiary/aromatic N) is 2. The van der Waals surface area contributed by atoms with Gasteiger partial charge in [-0.25, -0.2) is 4.90 Å². The number of piperidine rings is 1. The molecule has 2 aliphatic rings. The molecule has 0 radical (unpaired) electrons. The molecule has 2 aliphatic heterocycles. The van der Waals surface area contributed by atoms with Gasteiger partial charge in [0.2, 0.25) is 11.7 Å². The first-order valence-corrected chi connectivity index (χ1v) is 12.4. The molecule has 0 bridgehead atoms. The predicted molar refractivity (Wildman–Crippen MR) is 134 cm³/mol. The molecule has 2 N–H and O–H groups in total. The fourth-order valence-corrected chi connectivity index (χ4v) is 4.63. The first-order valence-electron chi connectivity index (χ1n) is 12.0. The number of ether oxygens (including phenoxy) is 1. The van der Waals surface area contributed by atoms with E-state index < -0.39 is 41.5 Å². The number of imide groups is 1. The monoisotopic (exact) mass is 545 g/mol. The number of carbonyl (C=O) groups is 4. The average molecular weight is 546 g/mol. The molecule has 0 saturated carbocycles. The lowest BCUT2D eigenvalue weighted by Crippen LogP contribution is -2.55. The number of nitrogens with two attached hydrogens (primary N) is 1. The van der Waals surface area contributed by atoms with Crippen molar-refractivity contribution in [3.63, 3.8) is 0 Å². The van der Waals surface area contributed by atoms with Crippen LogP contribution in [0, 0.1) is 0 Å². The van der Waals surface area contributed by atoms with Crippen molar-refractivity contribution < 1.29 is 32.7 Å². The highest BCUT2D eigenvalue weighted by Gasteiger charge is 2.43. The minimum atomic E-state index is -3.65. The summed E-state index contributed by atoms with van der Waals surface area (Å²) >= 11 is 5.75. The Morgan fingerprint density at radius 1 is 1.16 bits per heavy atom. The van der Waals surface area contributed by atoms with Gasteiger partial charge in [-0.2, -0.15) is 8.78 Å². The van der Waals surface area contributed by atoms with E-state index in [1.54, 1.807) is 18.2 Å². The van der Waals surface area contributed by atoms with E-state index in [2.05, 4.69) is 6.58 Å². The van der Waals surface area contributed by atoms with E-state index in [1.807, 2.05) is 0 Å². The van der Waals surface area contributed by atoms with E-state index >= 15 is 0 Å². The van der Waals surface area contributed by atoms with E-state index in [0.29, 0.717) is 21.7 Å². The normalized spacial score (nSPS) is 17.6. The van der Waals surface area contributed by atoms with Crippen LogP contribution >= 0.6 is 11.6 Å². The van der Waals surface area contributed by atoms with Crippen LogP contribution in [-0.2, 0) is 38.0 Å². The minimum Gasteiger partial charge on any atom is -0.476 e. The molecule has 1 fully saturated rings. The zero-order valence-corrected chi connectivity index (χ0v) is 21.2. The van der Waals surface area contributed by atoms with Crippen LogP contribution in [0.1, 0.15) is 46.3 Å². The van der Waals surface area contributed by atoms with E-state index in [-0.39, 0.29) is 50.7 Å². The molecule has 2 aromatic rings. The number of fused-ring (bicyclic) bond motifs is 1. The second kappa shape index (κ2) is 11.0. The Morgan fingerprint density at radius 3 is 2.55 bits per heavy atom. The van der Waals surface area contributed by atoms with E-state index in [4.69, 9.17) is 22.1 Å². The highest BCUT2D eigenvalue weighted by molar-refractivity contribution is 6.30. The lowest BCUT2D eigenvalue weighted by Gasteiger charge is -2.35. The Hall–Kier alpha value is -3.63. The zero-order chi connectivity index (χ0) is 27.6. The first kappa shape index (κ1) is 27.4. The molecule has 38 heavy (non-hydrogen) atoms. The van der Waals surface area contributed by atoms with Crippen LogP contribution in [0.2, 0.25) is 5.02 Å². The second-order valence-electron chi connectivity index (χ2n) is 9.16. The van der Waals surface area contributed by atoms with Crippen molar-refractivity contribution >= 4 is 35.1 Å². The molecule has 1 saturated heterocycles. The van der Waals surface area contributed by atoms with Crippen molar-refractivity contribution in [1.82, 2.24) is 9.80 Å². The number of aryl methyl sites for hydroxylation is 1. The molecule has 2 heterocycles. The molecule has 11 heteroatoms. The number of ketones is 1. The predicted octanol–water partition coefficient (Wildman–Crippen LogP) is 3.55. The Kier molecular flexibility index (Phi) is 7.94. The van der Waals surface area contributed by atoms with Crippen LogP contribution in [0.15, 0.2) is 54.8 Å². The minimum absolute atomic E-state index is 0.0340. The first-order chi connectivity index (χ1) is 18.0. The van der Waals surface area contributed by atoms with Crippen molar-refractivity contribution in [2.45, 2.75) is 44.2 Å². The number of Topliss-reactive ketones (excluding diaryl/α,β-unsaturated/α-hetero) is 1. The number of halogens is 3. The number of amides is 3. The van der Waals surface area contributed by atoms with Gasteiger partial charge in [0, 0.05) is 35.5 Å². The summed E-state index contributed by atoms with van der Waals surface area (Å²) in [5, 5.41) is 0.291. The van der Waals surface area contributed by atoms with E-state index in [1.165, 1.54) is 17.0 Å². The van der Waals surface area contributed by atoms with Gasteiger partial charge in [0.25, 0.3) is 11.8 Å². The second-order valence-corrected chi connectivity index (χ2v) is 9.60. The molecule has 8 nitrogen and oxygen atoms in total. The summed E-state index contributed by atoms with van der Waals surface area (Å²) in [4.78, 5) is 53.1. The van der Waals surface area contributed by atoms with Crippen molar-refractivity contribution in [3.05, 3.63) is 82.1 Å². The van der Waals surface area contributed by atoms with Gasteiger partial charge in [-0.15, -0.1) is 0 Å². The standard InChI is InChI=1S/C27H26ClF2N3O5/c1-16(13-31)38-15-33-24(35)11-9-22(26(33)37)32-14-18-12-17(2-8-21(18)25(32)36)3-10-23(34)27(29,30)19-4-6-20(28)7-5-19/h2,4-8,12,22H,1,3,9-11,13-15,31H2. The smallest absolute Gasteiger partial charge is 0.330 e. The van der Waals surface area contributed by atoms with Gasteiger partial charge in [0.05, 0.1) is 6.54 Å². The summed E-state index contributed by atoms with van der Waals surface area (Å²) in [6.45, 7) is 3.40. The van der Waals surface area contributed by atoms with Crippen molar-refractivity contribution in [2.24, 2.45) is 5.73 Å². The summed E-state index contributed by atoms with van der Waals surface area (Å²) < 4.78 is 34.5. The lowest BCUT2D eigenvalue weighted by atomic mass is 9.97. The topological polar surface area (TPSA) is 110 Å².